The molecular formula is C21H25N3O2S. The lowest BCUT2D eigenvalue weighted by Gasteiger charge is -2.21. The summed E-state index contributed by atoms with van der Waals surface area (Å²) < 4.78 is 0. The zero-order chi connectivity index (χ0) is 19.2. The number of benzene rings is 1. The average molecular weight is 384 g/mol. The van der Waals surface area contributed by atoms with Crippen molar-refractivity contribution in [3.05, 3.63) is 59.9 Å². The highest BCUT2D eigenvalue weighted by Gasteiger charge is 2.35. The Morgan fingerprint density at radius 2 is 1.93 bits per heavy atom. The van der Waals surface area contributed by atoms with E-state index in [1.54, 1.807) is 34.0 Å². The van der Waals surface area contributed by atoms with Crippen LogP contribution in [0.25, 0.3) is 0 Å². The smallest absolute Gasteiger partial charge is 0.227 e. The molecule has 0 radical (unpaired) electrons. The van der Waals surface area contributed by atoms with Crippen molar-refractivity contribution < 1.29 is 9.59 Å². The van der Waals surface area contributed by atoms with Crippen molar-refractivity contribution in [3.63, 3.8) is 0 Å². The number of aromatic nitrogens is 1. The Hall–Kier alpha value is -2.34. The molecule has 1 unspecified atom stereocenters. The number of hydrogen-bond donors (Lipinski definition) is 0. The maximum absolute atomic E-state index is 12.7. The van der Waals surface area contributed by atoms with Crippen LogP contribution in [0.15, 0.2) is 53.7 Å². The molecule has 1 aliphatic rings. The third-order valence-corrected chi connectivity index (χ3v) is 5.77. The molecule has 2 aromatic rings. The van der Waals surface area contributed by atoms with Crippen LogP contribution in [0.3, 0.4) is 0 Å². The molecule has 3 rings (SSSR count). The highest BCUT2D eigenvalue weighted by atomic mass is 32.2. The van der Waals surface area contributed by atoms with Gasteiger partial charge in [-0.3, -0.25) is 14.6 Å². The van der Waals surface area contributed by atoms with Crippen LogP contribution in [0.2, 0.25) is 0 Å². The second kappa shape index (κ2) is 9.04. The van der Waals surface area contributed by atoms with Crippen molar-refractivity contribution in [3.8, 4) is 0 Å². The summed E-state index contributed by atoms with van der Waals surface area (Å²) in [6, 6.07) is 12.2. The van der Waals surface area contributed by atoms with Crippen LogP contribution in [-0.2, 0) is 16.1 Å². The number of amides is 2. The van der Waals surface area contributed by atoms with E-state index in [2.05, 4.69) is 36.2 Å². The zero-order valence-electron chi connectivity index (χ0n) is 15.8. The molecule has 0 saturated carbocycles. The topological polar surface area (TPSA) is 53.5 Å². The van der Waals surface area contributed by atoms with E-state index in [1.165, 1.54) is 10.5 Å². The Labute approximate surface area is 164 Å². The molecule has 27 heavy (non-hydrogen) atoms. The molecule has 2 amide bonds. The zero-order valence-corrected chi connectivity index (χ0v) is 16.6. The molecule has 1 atom stereocenters. The lowest BCUT2D eigenvalue weighted by Crippen LogP contribution is -2.35. The Bertz CT molecular complexity index is 780. The maximum atomic E-state index is 12.7. The number of nitrogens with zero attached hydrogens (tertiary/aromatic N) is 3. The minimum absolute atomic E-state index is 0.0487. The van der Waals surface area contributed by atoms with Crippen LogP contribution in [0, 0.1) is 12.8 Å². The van der Waals surface area contributed by atoms with Crippen LogP contribution >= 0.6 is 11.8 Å². The molecule has 1 aromatic heterocycles. The molecular weight excluding hydrogens is 358 g/mol. The predicted molar refractivity (Wildman–Crippen MR) is 107 cm³/mol. The molecule has 5 nitrogen and oxygen atoms in total. The third kappa shape index (κ3) is 5.32. The van der Waals surface area contributed by atoms with Crippen molar-refractivity contribution in [1.29, 1.82) is 0 Å². The molecule has 1 aliphatic heterocycles. The van der Waals surface area contributed by atoms with E-state index in [-0.39, 0.29) is 17.7 Å². The van der Waals surface area contributed by atoms with Gasteiger partial charge in [0.2, 0.25) is 11.8 Å². The van der Waals surface area contributed by atoms with Gasteiger partial charge in [0.25, 0.3) is 0 Å². The summed E-state index contributed by atoms with van der Waals surface area (Å²) in [5.41, 5.74) is 2.28. The van der Waals surface area contributed by atoms with E-state index in [0.717, 1.165) is 11.3 Å². The fourth-order valence-corrected chi connectivity index (χ4v) is 4.09. The SMILES string of the molecule is Cc1ccc(SCCN(C)C(=O)C2CC(=O)N(Cc3ccncc3)C2)cc1. The molecule has 1 aromatic carbocycles. The maximum Gasteiger partial charge on any atom is 0.227 e. The summed E-state index contributed by atoms with van der Waals surface area (Å²) in [6.45, 7) is 3.78. The number of carbonyl (C=O) groups is 2. The molecule has 1 fully saturated rings. The van der Waals surface area contributed by atoms with Crippen LogP contribution in [0.1, 0.15) is 17.5 Å². The summed E-state index contributed by atoms with van der Waals surface area (Å²) in [7, 11) is 1.83. The van der Waals surface area contributed by atoms with Gasteiger partial charge < -0.3 is 9.80 Å². The Balaban J connectivity index is 1.47. The van der Waals surface area contributed by atoms with Crippen molar-refractivity contribution in [1.82, 2.24) is 14.8 Å². The van der Waals surface area contributed by atoms with Gasteiger partial charge in [-0.05, 0) is 36.8 Å². The Morgan fingerprint density at radius 3 is 2.63 bits per heavy atom. The van der Waals surface area contributed by atoms with Gasteiger partial charge in [0.1, 0.15) is 0 Å². The first kappa shape index (κ1) is 19.4. The van der Waals surface area contributed by atoms with E-state index in [9.17, 15) is 9.59 Å². The Kier molecular flexibility index (Phi) is 6.50. The van der Waals surface area contributed by atoms with Crippen LogP contribution in [0.5, 0.6) is 0 Å². The summed E-state index contributed by atoms with van der Waals surface area (Å²) in [4.78, 5) is 33.7. The first-order chi connectivity index (χ1) is 13.0. The number of carbonyl (C=O) groups excluding carboxylic acids is 2. The van der Waals surface area contributed by atoms with Crippen molar-refractivity contribution in [2.24, 2.45) is 5.92 Å². The van der Waals surface area contributed by atoms with Gasteiger partial charge in [0, 0.05) is 56.1 Å². The number of pyridine rings is 1. The number of thioether (sulfide) groups is 1. The van der Waals surface area contributed by atoms with E-state index >= 15 is 0 Å². The van der Waals surface area contributed by atoms with Gasteiger partial charge in [0.15, 0.2) is 0 Å². The van der Waals surface area contributed by atoms with Gasteiger partial charge >= 0.3 is 0 Å². The fraction of sp³-hybridized carbons (Fsp3) is 0.381. The fourth-order valence-electron chi connectivity index (χ4n) is 3.16. The van der Waals surface area contributed by atoms with Crippen molar-refractivity contribution >= 4 is 23.6 Å². The van der Waals surface area contributed by atoms with Crippen LogP contribution in [0.4, 0.5) is 0 Å². The summed E-state index contributed by atoms with van der Waals surface area (Å²) >= 11 is 1.74. The first-order valence-electron chi connectivity index (χ1n) is 9.14. The van der Waals surface area contributed by atoms with Gasteiger partial charge in [-0.25, -0.2) is 0 Å². The standard InChI is InChI=1S/C21H25N3O2S/c1-16-3-5-19(6-4-16)27-12-11-23(2)21(26)18-13-20(25)24(15-18)14-17-7-9-22-10-8-17/h3-10,18H,11-15H2,1-2H3. The minimum atomic E-state index is -0.242. The molecule has 6 heteroatoms. The van der Waals surface area contributed by atoms with Gasteiger partial charge in [-0.15, -0.1) is 11.8 Å². The monoisotopic (exact) mass is 383 g/mol. The van der Waals surface area contributed by atoms with E-state index in [4.69, 9.17) is 0 Å². The summed E-state index contributed by atoms with van der Waals surface area (Å²) in [6.07, 6.45) is 3.75. The second-order valence-electron chi connectivity index (χ2n) is 6.95. The number of rotatable bonds is 7. The van der Waals surface area contributed by atoms with Crippen molar-refractivity contribution in [2.75, 3.05) is 25.9 Å². The largest absolute Gasteiger partial charge is 0.345 e. The summed E-state index contributed by atoms with van der Waals surface area (Å²) in [5, 5.41) is 0. The average Bonchev–Trinajstić information content (AvgIpc) is 3.04. The highest BCUT2D eigenvalue weighted by Crippen LogP contribution is 2.23. The lowest BCUT2D eigenvalue weighted by atomic mass is 10.1. The molecule has 0 aliphatic carbocycles. The summed E-state index contributed by atoms with van der Waals surface area (Å²) in [5.74, 6) is 0.707. The lowest BCUT2D eigenvalue weighted by molar-refractivity contribution is -0.134. The highest BCUT2D eigenvalue weighted by molar-refractivity contribution is 7.99. The van der Waals surface area contributed by atoms with Gasteiger partial charge in [-0.2, -0.15) is 0 Å². The third-order valence-electron chi connectivity index (χ3n) is 4.78. The second-order valence-corrected chi connectivity index (χ2v) is 8.12. The van der Waals surface area contributed by atoms with E-state index in [1.807, 2.05) is 19.2 Å². The minimum Gasteiger partial charge on any atom is -0.345 e. The van der Waals surface area contributed by atoms with Gasteiger partial charge in [0.05, 0.1) is 5.92 Å². The molecule has 0 N–H and O–H groups in total. The Morgan fingerprint density at radius 1 is 1.22 bits per heavy atom. The molecule has 2 heterocycles. The first-order valence-corrected chi connectivity index (χ1v) is 10.1. The molecule has 0 spiro atoms. The van der Waals surface area contributed by atoms with E-state index < -0.39 is 0 Å². The number of likely N-dealkylation sites (tertiary alicyclic amines) is 1. The number of hydrogen-bond acceptors (Lipinski definition) is 4. The normalized spacial score (nSPS) is 16.6. The van der Waals surface area contributed by atoms with Crippen molar-refractivity contribution in [2.45, 2.75) is 24.8 Å². The molecule has 0 bridgehead atoms. The van der Waals surface area contributed by atoms with Crippen LogP contribution in [-0.4, -0.2) is 52.5 Å². The quantitative estimate of drug-likeness (QED) is 0.690. The molecule has 1 saturated heterocycles. The van der Waals surface area contributed by atoms with Crippen LogP contribution < -0.4 is 0 Å². The number of aryl methyl sites for hydroxylation is 1. The van der Waals surface area contributed by atoms with Gasteiger partial charge in [-0.1, -0.05) is 17.7 Å². The van der Waals surface area contributed by atoms with E-state index in [0.29, 0.717) is 26.1 Å². The predicted octanol–water partition coefficient (Wildman–Crippen LogP) is 2.99. The molecule has 142 valence electrons.